The minimum Gasteiger partial charge on any atom is -0.361 e. The highest BCUT2D eigenvalue weighted by Gasteiger charge is 2.35. The van der Waals surface area contributed by atoms with Gasteiger partial charge in [0.05, 0.1) is 18.1 Å². The van der Waals surface area contributed by atoms with Gasteiger partial charge < -0.3 is 14.0 Å². The lowest BCUT2D eigenvalue weighted by atomic mass is 10.2. The quantitative estimate of drug-likeness (QED) is 0.294. The molecule has 2 rings (SSSR count). The second-order valence-electron chi connectivity index (χ2n) is 4.59. The van der Waals surface area contributed by atoms with Gasteiger partial charge in [-0.05, 0) is 6.07 Å². The number of rotatable bonds is 9. The summed E-state index contributed by atoms with van der Waals surface area (Å²) in [6, 6.07) is 7.13. The lowest BCUT2D eigenvalue weighted by Crippen LogP contribution is -2.04. The van der Waals surface area contributed by atoms with Gasteiger partial charge >= 0.3 is 7.60 Å². The maximum atomic E-state index is 13.2. The van der Waals surface area contributed by atoms with E-state index in [1.165, 1.54) is 6.20 Å². The smallest absolute Gasteiger partial charge is 0.361 e. The molecule has 1 aromatic carbocycles. The summed E-state index contributed by atoms with van der Waals surface area (Å²) in [7, 11) is -3.98. The number of nitrogens with zero attached hydrogens (tertiary/aromatic N) is 1. The molecule has 0 saturated heterocycles. The normalized spacial score (nSPS) is 12.7. The molecule has 0 fully saturated rings. The van der Waals surface area contributed by atoms with Crippen molar-refractivity contribution in [2.75, 3.05) is 25.0 Å². The molecule has 0 aliphatic carbocycles. The van der Waals surface area contributed by atoms with Crippen LogP contribution in [-0.2, 0) is 13.6 Å². The number of hydrogen-bond acceptors (Lipinski definition) is 5. The largest absolute Gasteiger partial charge is 0.368 e. The Labute approximate surface area is 148 Å². The van der Waals surface area contributed by atoms with E-state index in [1.54, 1.807) is 18.2 Å². The van der Waals surface area contributed by atoms with Crippen LogP contribution in [0.25, 0.3) is 16.2 Å². The van der Waals surface area contributed by atoms with Gasteiger partial charge in [-0.15, -0.1) is 23.2 Å². The van der Waals surface area contributed by atoms with Crippen molar-refractivity contribution in [3.63, 3.8) is 0 Å². The average Bonchev–Trinajstić information content (AvgIpc) is 2.99. The number of H-pyrrole nitrogens is 1. The van der Waals surface area contributed by atoms with Crippen LogP contribution in [-0.4, -0.2) is 34.9 Å². The van der Waals surface area contributed by atoms with Crippen LogP contribution in [0.3, 0.4) is 0 Å². The molecule has 0 saturated carbocycles. The highest BCUT2D eigenvalue weighted by atomic mass is 35.5. The fraction of sp³-hybridized carbons (Fsp3) is 0.286. The third-order valence-electron chi connectivity index (χ3n) is 3.06. The van der Waals surface area contributed by atoms with Crippen LogP contribution in [0.2, 0.25) is 0 Å². The van der Waals surface area contributed by atoms with Gasteiger partial charge in [-0.2, -0.15) is 0 Å². The Balaban J connectivity index is 2.57. The van der Waals surface area contributed by atoms with E-state index in [0.717, 1.165) is 5.52 Å². The molecular weight excluding hydrogens is 378 g/mol. The van der Waals surface area contributed by atoms with E-state index in [9.17, 15) is 14.7 Å². The molecule has 0 spiro atoms. The summed E-state index contributed by atoms with van der Waals surface area (Å²) in [5.41, 5.74) is 1.11. The second kappa shape index (κ2) is 8.65. The number of aromatic nitrogens is 1. The summed E-state index contributed by atoms with van der Waals surface area (Å²) < 4.78 is 23.7. The van der Waals surface area contributed by atoms with E-state index < -0.39 is 12.5 Å². The van der Waals surface area contributed by atoms with E-state index in [1.807, 2.05) is 6.07 Å². The van der Waals surface area contributed by atoms with Gasteiger partial charge in [0.2, 0.25) is 0 Å². The number of aromatic amines is 1. The second-order valence-corrected chi connectivity index (χ2v) is 7.34. The summed E-state index contributed by atoms with van der Waals surface area (Å²) in [4.78, 5) is 13.4. The molecule has 0 amide bonds. The Hall–Kier alpha value is -1.37. The van der Waals surface area contributed by atoms with Gasteiger partial charge in [-0.25, -0.2) is 0 Å². The van der Waals surface area contributed by atoms with Crippen molar-refractivity contribution in [2.24, 2.45) is 0 Å². The van der Waals surface area contributed by atoms with Gasteiger partial charge in [0.1, 0.15) is 5.31 Å². The topological polar surface area (TPSA) is 94.5 Å². The number of halogens is 2. The van der Waals surface area contributed by atoms with Gasteiger partial charge in [-0.3, -0.25) is 14.7 Å². The van der Waals surface area contributed by atoms with E-state index in [4.69, 9.17) is 32.2 Å². The van der Waals surface area contributed by atoms with E-state index >= 15 is 0 Å². The van der Waals surface area contributed by atoms with Gasteiger partial charge in [0.25, 0.3) is 6.20 Å². The molecule has 1 aromatic heterocycles. The lowest BCUT2D eigenvalue weighted by molar-refractivity contribution is -0.401. The molecule has 0 radical (unpaired) electrons. The molecular formula is C14H15Cl2N2O5P. The molecule has 0 bridgehead atoms. The molecule has 0 atom stereocenters. The van der Waals surface area contributed by atoms with Crippen LogP contribution < -0.4 is 0 Å². The highest BCUT2D eigenvalue weighted by Crippen LogP contribution is 2.61. The first-order chi connectivity index (χ1) is 11.5. The molecule has 0 unspecified atom stereocenters. The van der Waals surface area contributed by atoms with Crippen molar-refractivity contribution in [2.45, 2.75) is 0 Å². The lowest BCUT2D eigenvalue weighted by Gasteiger charge is -2.18. The molecule has 130 valence electrons. The highest BCUT2D eigenvalue weighted by molar-refractivity contribution is 7.65. The minimum atomic E-state index is -3.98. The van der Waals surface area contributed by atoms with Gasteiger partial charge in [-0.1, -0.05) is 18.2 Å². The van der Waals surface area contributed by atoms with Crippen LogP contribution >= 0.6 is 30.8 Å². The Morgan fingerprint density at radius 1 is 1.25 bits per heavy atom. The van der Waals surface area contributed by atoms with Crippen LogP contribution in [0, 0.1) is 10.1 Å². The Kier molecular flexibility index (Phi) is 6.83. The van der Waals surface area contributed by atoms with Crippen LogP contribution in [0.1, 0.15) is 5.56 Å². The van der Waals surface area contributed by atoms with Crippen LogP contribution in [0.5, 0.6) is 0 Å². The van der Waals surface area contributed by atoms with Gasteiger partial charge in [0.15, 0.2) is 0 Å². The minimum absolute atomic E-state index is 0.0633. The molecule has 2 aromatic rings. The van der Waals surface area contributed by atoms with Crippen molar-refractivity contribution in [3.8, 4) is 0 Å². The maximum Gasteiger partial charge on any atom is 0.368 e. The van der Waals surface area contributed by atoms with Crippen molar-refractivity contribution in [1.29, 1.82) is 0 Å². The first-order valence-electron chi connectivity index (χ1n) is 6.95. The number of para-hydroxylation sites is 1. The number of benzene rings is 1. The third kappa shape index (κ3) is 4.37. The fourth-order valence-corrected chi connectivity index (χ4v) is 4.26. The Bertz CT molecular complexity index is 780. The van der Waals surface area contributed by atoms with Crippen LogP contribution in [0.4, 0.5) is 0 Å². The molecule has 0 aliphatic heterocycles. The molecule has 1 N–H and O–H groups in total. The molecule has 10 heteroatoms. The predicted molar refractivity (Wildman–Crippen MR) is 94.2 cm³/mol. The van der Waals surface area contributed by atoms with Gasteiger partial charge in [0, 0.05) is 34.4 Å². The van der Waals surface area contributed by atoms with Crippen molar-refractivity contribution in [1.82, 2.24) is 4.98 Å². The molecule has 24 heavy (non-hydrogen) atoms. The Morgan fingerprint density at radius 3 is 2.46 bits per heavy atom. The molecule has 7 nitrogen and oxygen atoms in total. The summed E-state index contributed by atoms with van der Waals surface area (Å²) in [5, 5.41) is 11.6. The van der Waals surface area contributed by atoms with Crippen molar-refractivity contribution in [3.05, 3.63) is 52.3 Å². The zero-order valence-electron chi connectivity index (χ0n) is 12.5. The summed E-state index contributed by atoms with van der Waals surface area (Å²) >= 11 is 11.2. The maximum absolute atomic E-state index is 13.2. The number of fused-ring (bicyclic) bond motifs is 1. The monoisotopic (exact) mass is 392 g/mol. The molecule has 1 heterocycles. The van der Waals surface area contributed by atoms with E-state index in [2.05, 4.69) is 4.98 Å². The summed E-state index contributed by atoms with van der Waals surface area (Å²) in [6.07, 6.45) is 2.17. The van der Waals surface area contributed by atoms with Crippen molar-refractivity contribution >= 4 is 47.0 Å². The first-order valence-corrected chi connectivity index (χ1v) is 9.56. The standard InChI is InChI=1S/C14H15Cl2N2O5P/c15-5-7-22-24(21,23-8-6-16)14(10-18(19)20)12-9-17-13-4-2-1-3-11(12)13/h1-4,9-10,17H,5-8H2. The molecule has 0 aliphatic rings. The third-order valence-corrected chi connectivity index (χ3v) is 5.36. The fourth-order valence-electron chi connectivity index (χ4n) is 2.16. The Morgan fingerprint density at radius 2 is 1.88 bits per heavy atom. The first kappa shape index (κ1) is 19.0. The number of alkyl halides is 2. The van der Waals surface area contributed by atoms with Crippen LogP contribution in [0.15, 0.2) is 36.7 Å². The zero-order chi connectivity index (χ0) is 17.6. The summed E-state index contributed by atoms with van der Waals surface area (Å²) in [6.45, 7) is -0.170. The predicted octanol–water partition coefficient (Wildman–Crippen LogP) is 4.45. The number of nitrogens with one attached hydrogen (secondary N) is 1. The SMILES string of the molecule is O=[N+]([O-])C=C(c1c[nH]c2ccccc12)P(=O)(OCCCl)OCCCl. The zero-order valence-corrected chi connectivity index (χ0v) is 14.9. The average molecular weight is 393 g/mol. The number of hydrogen-bond donors (Lipinski definition) is 1. The van der Waals surface area contributed by atoms with Crippen molar-refractivity contribution < 1.29 is 18.5 Å². The number of nitro groups is 1. The van der Waals surface area contributed by atoms with E-state index in [-0.39, 0.29) is 30.3 Å². The van der Waals surface area contributed by atoms with E-state index in [0.29, 0.717) is 17.1 Å². The summed E-state index contributed by atoms with van der Waals surface area (Å²) in [5.74, 6) is 0.127.